The van der Waals surface area contributed by atoms with E-state index in [1.54, 1.807) is 32.0 Å². The Kier molecular flexibility index (Phi) is 9.86. The minimum Gasteiger partial charge on any atom is -0.486 e. The Morgan fingerprint density at radius 3 is 2.34 bits per heavy atom. The van der Waals surface area contributed by atoms with Crippen molar-refractivity contribution in [3.63, 3.8) is 0 Å². The van der Waals surface area contributed by atoms with Crippen LogP contribution in [0.5, 0.6) is 5.75 Å². The van der Waals surface area contributed by atoms with Gasteiger partial charge in [0.1, 0.15) is 6.10 Å². The number of hydrogen-bond acceptors (Lipinski definition) is 6. The number of nitrogens with one attached hydrogen (secondary N) is 2. The summed E-state index contributed by atoms with van der Waals surface area (Å²) in [5.74, 6) is -0.912. The van der Waals surface area contributed by atoms with E-state index in [1.165, 1.54) is 42.3 Å². The van der Waals surface area contributed by atoms with Crippen LogP contribution in [0.4, 0.5) is 29.3 Å². The van der Waals surface area contributed by atoms with Gasteiger partial charge in [0.05, 0.1) is 40.9 Å². The Bertz CT molecular complexity index is 1590. The van der Waals surface area contributed by atoms with Crippen LogP contribution in [0.15, 0.2) is 77.7 Å². The van der Waals surface area contributed by atoms with E-state index in [0.29, 0.717) is 0 Å². The third-order valence-electron chi connectivity index (χ3n) is 7.30. The van der Waals surface area contributed by atoms with Crippen molar-refractivity contribution >= 4 is 33.3 Å². The van der Waals surface area contributed by atoms with Crippen LogP contribution in [0.1, 0.15) is 29.8 Å². The molecule has 3 N–H and O–H groups in total. The Hall–Kier alpha value is -4.14. The molecule has 3 aromatic carbocycles. The van der Waals surface area contributed by atoms with E-state index >= 15 is 0 Å². The molecule has 1 heterocycles. The van der Waals surface area contributed by atoms with E-state index in [4.69, 9.17) is 4.74 Å². The van der Waals surface area contributed by atoms with Crippen LogP contribution in [0, 0.1) is 5.92 Å². The number of fused-ring (bicyclic) bond motifs is 1. The van der Waals surface area contributed by atoms with Gasteiger partial charge in [-0.25, -0.2) is 13.2 Å². The Labute approximate surface area is 253 Å². The molecule has 0 radical (unpaired) electrons. The summed E-state index contributed by atoms with van der Waals surface area (Å²) in [5, 5.41) is 14.9. The standard InChI is InChI=1S/C30H33F3N4O6S/c1-19-16-37(20(2)18-38)28(39)24-10-7-11-25(35-29(40)34-22-14-12-21(13-15-22)30(31,32)33)27(24)43-26(19)17-36(3)44(41,42)23-8-5-4-6-9-23/h4-15,19-20,26,38H,16-18H2,1-3H3,(H2,34,35,40)/t19-,20+,26+/m0/s1. The second-order valence-electron chi connectivity index (χ2n) is 10.6. The van der Waals surface area contributed by atoms with E-state index < -0.39 is 51.8 Å². The van der Waals surface area contributed by atoms with Gasteiger partial charge in [0.2, 0.25) is 10.0 Å². The second-order valence-corrected chi connectivity index (χ2v) is 12.6. The van der Waals surface area contributed by atoms with Crippen molar-refractivity contribution in [2.45, 2.75) is 37.1 Å². The number of urea groups is 1. The average molecular weight is 635 g/mol. The first-order valence-electron chi connectivity index (χ1n) is 13.7. The minimum absolute atomic E-state index is 0.0164. The van der Waals surface area contributed by atoms with Crippen molar-refractivity contribution in [2.75, 3.05) is 37.4 Å². The van der Waals surface area contributed by atoms with Gasteiger partial charge in [0, 0.05) is 25.2 Å². The van der Waals surface area contributed by atoms with Gasteiger partial charge in [-0.1, -0.05) is 31.2 Å². The smallest absolute Gasteiger partial charge is 0.416 e. The molecule has 4 rings (SSSR count). The maximum absolute atomic E-state index is 13.7. The summed E-state index contributed by atoms with van der Waals surface area (Å²) < 4.78 is 72.8. The van der Waals surface area contributed by atoms with Crippen molar-refractivity contribution in [1.29, 1.82) is 0 Å². The predicted octanol–water partition coefficient (Wildman–Crippen LogP) is 4.89. The number of para-hydroxylation sites is 1. The van der Waals surface area contributed by atoms with Gasteiger partial charge in [-0.05, 0) is 55.5 Å². The number of carbonyl (C=O) groups is 2. The molecule has 1 aliphatic heterocycles. The number of hydrogen-bond donors (Lipinski definition) is 3. The monoisotopic (exact) mass is 634 g/mol. The lowest BCUT2D eigenvalue weighted by atomic mass is 9.99. The highest BCUT2D eigenvalue weighted by atomic mass is 32.2. The molecule has 236 valence electrons. The highest BCUT2D eigenvalue weighted by Gasteiger charge is 2.36. The van der Waals surface area contributed by atoms with E-state index in [-0.39, 0.29) is 47.3 Å². The van der Waals surface area contributed by atoms with Gasteiger partial charge in [-0.2, -0.15) is 17.5 Å². The maximum atomic E-state index is 13.7. The zero-order chi connectivity index (χ0) is 32.2. The van der Waals surface area contributed by atoms with E-state index in [9.17, 15) is 36.3 Å². The number of ether oxygens (including phenoxy) is 1. The van der Waals surface area contributed by atoms with Crippen LogP contribution < -0.4 is 15.4 Å². The lowest BCUT2D eigenvalue weighted by Crippen LogP contribution is -2.50. The highest BCUT2D eigenvalue weighted by Crippen LogP contribution is 2.35. The summed E-state index contributed by atoms with van der Waals surface area (Å²) in [4.78, 5) is 28.1. The molecule has 3 atom stereocenters. The molecule has 0 saturated heterocycles. The number of nitrogens with zero attached hydrogens (tertiary/aromatic N) is 2. The van der Waals surface area contributed by atoms with E-state index in [0.717, 1.165) is 28.6 Å². The lowest BCUT2D eigenvalue weighted by molar-refractivity contribution is -0.137. The normalized spacial score (nSPS) is 18.1. The molecule has 0 unspecified atom stereocenters. The van der Waals surface area contributed by atoms with Gasteiger partial charge >= 0.3 is 12.2 Å². The van der Waals surface area contributed by atoms with Crippen LogP contribution in [-0.4, -0.2) is 73.6 Å². The molecule has 1 aliphatic rings. The number of alkyl halides is 3. The molecule has 3 aromatic rings. The number of sulfonamides is 1. The summed E-state index contributed by atoms with van der Waals surface area (Å²) in [7, 11) is -2.48. The Morgan fingerprint density at radius 2 is 1.73 bits per heavy atom. The number of amides is 3. The fourth-order valence-corrected chi connectivity index (χ4v) is 5.91. The second kappa shape index (κ2) is 13.2. The first kappa shape index (κ1) is 32.8. The molecule has 0 aliphatic carbocycles. The van der Waals surface area contributed by atoms with Crippen molar-refractivity contribution in [2.24, 2.45) is 5.92 Å². The van der Waals surface area contributed by atoms with E-state index in [2.05, 4.69) is 10.6 Å². The summed E-state index contributed by atoms with van der Waals surface area (Å²) in [6.45, 7) is 3.17. The molecule has 0 bridgehead atoms. The van der Waals surface area contributed by atoms with Gasteiger partial charge in [-0.3, -0.25) is 4.79 Å². The minimum atomic E-state index is -4.53. The molecule has 10 nitrogen and oxygen atoms in total. The summed E-state index contributed by atoms with van der Waals surface area (Å²) in [6, 6.07) is 14.8. The number of likely N-dealkylation sites (N-methyl/N-ethyl adjacent to an activating group) is 1. The zero-order valence-corrected chi connectivity index (χ0v) is 25.0. The Morgan fingerprint density at radius 1 is 1.07 bits per heavy atom. The van der Waals surface area contributed by atoms with Gasteiger partial charge in [0.25, 0.3) is 5.91 Å². The summed E-state index contributed by atoms with van der Waals surface area (Å²) >= 11 is 0. The van der Waals surface area contributed by atoms with Gasteiger partial charge in [-0.15, -0.1) is 0 Å². The molecule has 3 amide bonds. The van der Waals surface area contributed by atoms with Crippen LogP contribution in [0.3, 0.4) is 0 Å². The summed E-state index contributed by atoms with van der Waals surface area (Å²) in [6.07, 6.45) is -5.34. The van der Waals surface area contributed by atoms with Crippen LogP contribution in [-0.2, 0) is 16.2 Å². The van der Waals surface area contributed by atoms with Crippen LogP contribution in [0.2, 0.25) is 0 Å². The quantitative estimate of drug-likeness (QED) is 0.324. The molecular formula is C30H33F3N4O6S. The maximum Gasteiger partial charge on any atom is 0.416 e. The zero-order valence-electron chi connectivity index (χ0n) is 24.2. The molecular weight excluding hydrogens is 601 g/mol. The van der Waals surface area contributed by atoms with Gasteiger partial charge in [0.15, 0.2) is 5.75 Å². The van der Waals surface area contributed by atoms with Crippen molar-refractivity contribution in [1.82, 2.24) is 9.21 Å². The third kappa shape index (κ3) is 7.31. The topological polar surface area (TPSA) is 128 Å². The molecule has 0 fully saturated rings. The fourth-order valence-electron chi connectivity index (χ4n) is 4.71. The SMILES string of the molecule is C[C@H](CO)N1C[C@H](C)[C@@H](CN(C)S(=O)(=O)c2ccccc2)Oc2c(NC(=O)Nc3ccc(C(F)(F)F)cc3)cccc2C1=O. The van der Waals surface area contributed by atoms with Gasteiger partial charge < -0.3 is 25.4 Å². The fraction of sp³-hybridized carbons (Fsp3) is 0.333. The van der Waals surface area contributed by atoms with Crippen molar-refractivity contribution in [3.05, 3.63) is 83.9 Å². The van der Waals surface area contributed by atoms with Crippen LogP contribution >= 0.6 is 0 Å². The average Bonchev–Trinajstić information content (AvgIpc) is 2.99. The van der Waals surface area contributed by atoms with Crippen molar-refractivity contribution < 1.29 is 41.0 Å². The molecule has 0 aromatic heterocycles. The highest BCUT2D eigenvalue weighted by molar-refractivity contribution is 7.89. The predicted molar refractivity (Wildman–Crippen MR) is 158 cm³/mol. The number of anilines is 2. The first-order chi connectivity index (χ1) is 20.7. The largest absolute Gasteiger partial charge is 0.486 e. The summed E-state index contributed by atoms with van der Waals surface area (Å²) in [5.41, 5.74) is -0.637. The van der Waals surface area contributed by atoms with E-state index in [1.807, 2.05) is 0 Å². The number of carbonyl (C=O) groups excluding carboxylic acids is 2. The first-order valence-corrected chi connectivity index (χ1v) is 15.1. The molecule has 44 heavy (non-hydrogen) atoms. The number of rotatable bonds is 8. The Balaban J connectivity index is 1.65. The van der Waals surface area contributed by atoms with Crippen molar-refractivity contribution in [3.8, 4) is 5.75 Å². The number of halogens is 3. The molecule has 0 saturated carbocycles. The van der Waals surface area contributed by atoms with Crippen LogP contribution in [0.25, 0.3) is 0 Å². The third-order valence-corrected chi connectivity index (χ3v) is 9.14. The lowest BCUT2D eigenvalue weighted by Gasteiger charge is -2.38. The molecule has 14 heteroatoms. The number of aliphatic hydroxyl groups is 1. The molecule has 0 spiro atoms. The number of aliphatic hydroxyl groups excluding tert-OH is 1. The number of benzene rings is 3.